The summed E-state index contributed by atoms with van der Waals surface area (Å²) in [5.74, 6) is 1.28. The van der Waals surface area contributed by atoms with E-state index >= 15 is 0 Å². The van der Waals surface area contributed by atoms with Crippen molar-refractivity contribution in [1.29, 1.82) is 0 Å². The van der Waals surface area contributed by atoms with E-state index in [1.807, 2.05) is 48.7 Å². The van der Waals surface area contributed by atoms with Crippen LogP contribution in [0.15, 0.2) is 72.6 Å². The lowest BCUT2D eigenvalue weighted by atomic mass is 10.1. The highest BCUT2D eigenvalue weighted by molar-refractivity contribution is 6.15. The number of rotatable bonds is 5. The summed E-state index contributed by atoms with van der Waals surface area (Å²) in [5.41, 5.74) is 4.69. The van der Waals surface area contributed by atoms with E-state index in [0.29, 0.717) is 23.5 Å². The molecule has 4 heteroatoms. The first kappa shape index (κ1) is 18.0. The number of nitrogens with zero attached hydrogens (tertiary/aromatic N) is 1. The van der Waals surface area contributed by atoms with Gasteiger partial charge in [0.2, 0.25) is 0 Å². The number of Topliss-reactive ketones (excluding diaryl/α,β-unsaturated/α-hetero) is 1. The van der Waals surface area contributed by atoms with Crippen LogP contribution in [-0.2, 0) is 13.0 Å². The summed E-state index contributed by atoms with van der Waals surface area (Å²) in [5, 5.41) is 0. The molecular weight excluding hydrogens is 350 g/mol. The molecule has 0 bridgehead atoms. The van der Waals surface area contributed by atoms with Crippen molar-refractivity contribution in [2.45, 2.75) is 13.0 Å². The first-order chi connectivity index (χ1) is 13.7. The molecule has 0 N–H and O–H groups in total. The zero-order valence-electron chi connectivity index (χ0n) is 16.0. The summed E-state index contributed by atoms with van der Waals surface area (Å²) in [6.45, 7) is 0.792. The molecular formula is C24H22NO3+. The summed E-state index contributed by atoms with van der Waals surface area (Å²) < 4.78 is 12.8. The average Bonchev–Trinajstić information content (AvgIpc) is 3.02. The molecule has 1 aliphatic rings. The highest BCUT2D eigenvalue weighted by atomic mass is 16.5. The Morgan fingerprint density at radius 3 is 2.50 bits per heavy atom. The number of hydrogen-bond donors (Lipinski definition) is 0. The minimum absolute atomic E-state index is 0.0504. The number of ketones is 1. The maximum atomic E-state index is 12.9. The number of hydrogen-bond acceptors (Lipinski definition) is 3. The lowest BCUT2D eigenvalue weighted by molar-refractivity contribution is -0.688. The minimum atomic E-state index is 0.0504. The Hall–Kier alpha value is -3.40. The molecule has 1 aromatic heterocycles. The molecule has 0 amide bonds. The molecule has 0 aliphatic heterocycles. The van der Waals surface area contributed by atoms with Crippen molar-refractivity contribution in [3.05, 3.63) is 94.8 Å². The smallest absolute Gasteiger partial charge is 0.189 e. The van der Waals surface area contributed by atoms with Gasteiger partial charge in [-0.15, -0.1) is 0 Å². The molecule has 0 unspecified atom stereocenters. The van der Waals surface area contributed by atoms with Gasteiger partial charge in [-0.05, 0) is 29.8 Å². The van der Waals surface area contributed by atoms with E-state index in [-0.39, 0.29) is 5.78 Å². The standard InChI is InChI=1S/C24H22NO3/c1-27-22-13-19-12-20(24(26)21(19)14-23(22)28-2)11-18-9-6-10-25(16-18)15-17-7-4-3-5-8-17/h3-11,13-14,16H,12,15H2,1-2H3/q+1. The van der Waals surface area contributed by atoms with E-state index in [2.05, 4.69) is 22.9 Å². The summed E-state index contributed by atoms with van der Waals surface area (Å²) in [6.07, 6.45) is 6.68. The highest BCUT2D eigenvalue weighted by Crippen LogP contribution is 2.36. The molecule has 4 nitrogen and oxygen atoms in total. The first-order valence-electron chi connectivity index (χ1n) is 9.21. The maximum Gasteiger partial charge on any atom is 0.189 e. The number of ether oxygens (including phenoxy) is 2. The van der Waals surface area contributed by atoms with Crippen molar-refractivity contribution >= 4 is 11.9 Å². The number of carbonyl (C=O) groups is 1. The molecule has 0 fully saturated rings. The van der Waals surface area contributed by atoms with Gasteiger partial charge in [-0.2, -0.15) is 0 Å². The second-order valence-electron chi connectivity index (χ2n) is 6.84. The SMILES string of the molecule is COc1cc2c(cc1OC)C(=O)C(=Cc1ccc[n+](Cc3ccccc3)c1)C2. The third-order valence-corrected chi connectivity index (χ3v) is 4.96. The lowest BCUT2D eigenvalue weighted by Crippen LogP contribution is -2.33. The molecule has 2 aromatic carbocycles. The van der Waals surface area contributed by atoms with Crippen LogP contribution in [0.4, 0.5) is 0 Å². The van der Waals surface area contributed by atoms with E-state index < -0.39 is 0 Å². The zero-order chi connectivity index (χ0) is 19.5. The molecule has 4 rings (SSSR count). The normalized spacial score (nSPS) is 14.2. The Morgan fingerprint density at radius 2 is 1.75 bits per heavy atom. The Kier molecular flexibility index (Phi) is 4.94. The Labute approximate surface area is 164 Å². The minimum Gasteiger partial charge on any atom is -0.493 e. The van der Waals surface area contributed by atoms with Gasteiger partial charge in [0.1, 0.15) is 0 Å². The number of pyridine rings is 1. The molecule has 3 aromatic rings. The fourth-order valence-electron chi connectivity index (χ4n) is 3.58. The van der Waals surface area contributed by atoms with Gasteiger partial charge in [0.05, 0.1) is 14.2 Å². The zero-order valence-corrected chi connectivity index (χ0v) is 16.0. The summed E-state index contributed by atoms with van der Waals surface area (Å²) in [4.78, 5) is 12.9. The van der Waals surface area contributed by atoms with Gasteiger partial charge in [0.15, 0.2) is 36.2 Å². The summed E-state index contributed by atoms with van der Waals surface area (Å²) >= 11 is 0. The van der Waals surface area contributed by atoms with Crippen LogP contribution in [0.5, 0.6) is 11.5 Å². The van der Waals surface area contributed by atoms with Gasteiger partial charge in [-0.25, -0.2) is 4.57 Å². The van der Waals surface area contributed by atoms with Crippen LogP contribution in [0, 0.1) is 0 Å². The van der Waals surface area contributed by atoms with E-state index in [1.165, 1.54) is 5.56 Å². The molecule has 28 heavy (non-hydrogen) atoms. The van der Waals surface area contributed by atoms with Crippen LogP contribution in [0.25, 0.3) is 6.08 Å². The molecule has 0 spiro atoms. The van der Waals surface area contributed by atoms with Crippen LogP contribution in [0.2, 0.25) is 0 Å². The third kappa shape index (κ3) is 3.54. The Morgan fingerprint density at radius 1 is 1.00 bits per heavy atom. The lowest BCUT2D eigenvalue weighted by Gasteiger charge is -2.08. The second kappa shape index (κ2) is 7.69. The molecule has 0 saturated heterocycles. The molecule has 0 saturated carbocycles. The summed E-state index contributed by atoms with van der Waals surface area (Å²) in [6, 6.07) is 18.0. The molecule has 0 atom stereocenters. The molecule has 140 valence electrons. The van der Waals surface area contributed by atoms with Gasteiger partial charge >= 0.3 is 0 Å². The monoisotopic (exact) mass is 372 g/mol. The van der Waals surface area contributed by atoms with Crippen LogP contribution in [0.1, 0.15) is 27.0 Å². The quantitative estimate of drug-likeness (QED) is 0.504. The fourth-order valence-corrected chi connectivity index (χ4v) is 3.58. The Bertz CT molecular complexity index is 1050. The van der Waals surface area contributed by atoms with E-state index in [9.17, 15) is 4.79 Å². The number of aromatic nitrogens is 1. The first-order valence-corrected chi connectivity index (χ1v) is 9.21. The van der Waals surface area contributed by atoms with Crippen LogP contribution in [-0.4, -0.2) is 20.0 Å². The van der Waals surface area contributed by atoms with Gasteiger partial charge in [0.25, 0.3) is 0 Å². The number of carbonyl (C=O) groups excluding carboxylic acids is 1. The number of allylic oxidation sites excluding steroid dienone is 1. The van der Waals surface area contributed by atoms with Crippen LogP contribution >= 0.6 is 0 Å². The van der Waals surface area contributed by atoms with Crippen LogP contribution < -0.4 is 14.0 Å². The molecule has 1 heterocycles. The van der Waals surface area contributed by atoms with Gasteiger partial charge < -0.3 is 9.47 Å². The number of methoxy groups -OCH3 is 2. The number of benzene rings is 2. The highest BCUT2D eigenvalue weighted by Gasteiger charge is 2.27. The number of fused-ring (bicyclic) bond motifs is 1. The largest absolute Gasteiger partial charge is 0.493 e. The van der Waals surface area contributed by atoms with E-state index in [0.717, 1.165) is 23.2 Å². The van der Waals surface area contributed by atoms with Gasteiger partial charge in [0, 0.05) is 34.8 Å². The van der Waals surface area contributed by atoms with Crippen molar-refractivity contribution in [3.8, 4) is 11.5 Å². The Balaban J connectivity index is 1.61. The molecule has 1 aliphatic carbocycles. The van der Waals surface area contributed by atoms with Crippen molar-refractivity contribution < 1.29 is 18.8 Å². The maximum absolute atomic E-state index is 12.9. The second-order valence-corrected chi connectivity index (χ2v) is 6.84. The predicted molar refractivity (Wildman–Crippen MR) is 108 cm³/mol. The topological polar surface area (TPSA) is 39.4 Å². The van der Waals surface area contributed by atoms with Crippen molar-refractivity contribution in [3.63, 3.8) is 0 Å². The summed E-state index contributed by atoms with van der Waals surface area (Å²) in [7, 11) is 3.18. The third-order valence-electron chi connectivity index (χ3n) is 4.96. The van der Waals surface area contributed by atoms with E-state index in [1.54, 1.807) is 20.3 Å². The van der Waals surface area contributed by atoms with E-state index in [4.69, 9.17) is 9.47 Å². The average molecular weight is 372 g/mol. The predicted octanol–water partition coefficient (Wildman–Crippen LogP) is 3.86. The van der Waals surface area contributed by atoms with Crippen molar-refractivity contribution in [1.82, 2.24) is 0 Å². The fraction of sp³-hybridized carbons (Fsp3) is 0.167. The van der Waals surface area contributed by atoms with Gasteiger partial charge in [-0.3, -0.25) is 4.79 Å². The molecule has 0 radical (unpaired) electrons. The van der Waals surface area contributed by atoms with Gasteiger partial charge in [-0.1, -0.05) is 30.3 Å². The van der Waals surface area contributed by atoms with Crippen LogP contribution in [0.3, 0.4) is 0 Å². The van der Waals surface area contributed by atoms with Crippen molar-refractivity contribution in [2.24, 2.45) is 0 Å². The van der Waals surface area contributed by atoms with Crippen molar-refractivity contribution in [2.75, 3.05) is 14.2 Å².